The van der Waals surface area contributed by atoms with Gasteiger partial charge in [0.2, 0.25) is 11.8 Å². The van der Waals surface area contributed by atoms with E-state index in [0.29, 0.717) is 34.5 Å². The van der Waals surface area contributed by atoms with Gasteiger partial charge in [0.1, 0.15) is 6.04 Å². The van der Waals surface area contributed by atoms with Crippen molar-refractivity contribution in [1.29, 1.82) is 0 Å². The molecule has 1 saturated carbocycles. The number of carbonyl (C=O) groups is 2. The average Bonchev–Trinajstić information content (AvgIpc) is 3.31. The fourth-order valence-corrected chi connectivity index (χ4v) is 5.20. The first-order valence-electron chi connectivity index (χ1n) is 11.3. The Labute approximate surface area is 215 Å². The number of nitrogens with one attached hydrogen (secondary N) is 1. The third-order valence-corrected chi connectivity index (χ3v) is 7.91. The average molecular weight is 528 g/mol. The topological polar surface area (TPSA) is 49.4 Å². The van der Waals surface area contributed by atoms with Gasteiger partial charge >= 0.3 is 0 Å². The summed E-state index contributed by atoms with van der Waals surface area (Å²) < 4.78 is 0. The molecule has 0 heterocycles. The predicted molar refractivity (Wildman–Crippen MR) is 138 cm³/mol. The molecule has 0 radical (unpaired) electrons. The van der Waals surface area contributed by atoms with Gasteiger partial charge in [0.25, 0.3) is 0 Å². The summed E-state index contributed by atoms with van der Waals surface area (Å²) >= 11 is 19.8. The second kappa shape index (κ2) is 12.9. The van der Waals surface area contributed by atoms with E-state index in [-0.39, 0.29) is 17.9 Å². The molecular weight excluding hydrogens is 499 g/mol. The molecule has 1 aliphatic rings. The van der Waals surface area contributed by atoms with Crippen molar-refractivity contribution in [2.45, 2.75) is 69.0 Å². The second-order valence-corrected chi connectivity index (χ2v) is 10.8. The number of carbonyl (C=O) groups excluding carboxylic acids is 2. The van der Waals surface area contributed by atoms with Crippen LogP contribution in [0.5, 0.6) is 0 Å². The zero-order valence-corrected chi connectivity index (χ0v) is 21.7. The molecule has 0 saturated heterocycles. The monoisotopic (exact) mass is 526 g/mol. The minimum absolute atomic E-state index is 0.0492. The van der Waals surface area contributed by atoms with Crippen LogP contribution in [-0.2, 0) is 16.1 Å². The van der Waals surface area contributed by atoms with Crippen LogP contribution in [0.2, 0.25) is 15.1 Å². The Hall–Kier alpha value is -1.40. The molecule has 4 nitrogen and oxygen atoms in total. The lowest BCUT2D eigenvalue weighted by molar-refractivity contribution is -0.140. The summed E-state index contributed by atoms with van der Waals surface area (Å²) in [5.74, 6) is 0.647. The van der Waals surface area contributed by atoms with E-state index in [4.69, 9.17) is 34.8 Å². The molecule has 0 unspecified atom stereocenters. The minimum atomic E-state index is -0.573. The summed E-state index contributed by atoms with van der Waals surface area (Å²) in [7, 11) is 0. The van der Waals surface area contributed by atoms with Crippen molar-refractivity contribution >= 4 is 58.4 Å². The molecule has 0 aromatic heterocycles. The number of thioether (sulfide) groups is 1. The fraction of sp³-hybridized carbons (Fsp3) is 0.440. The molecular formula is C25H29Cl3N2O2S. The Morgan fingerprint density at radius 3 is 2.42 bits per heavy atom. The summed E-state index contributed by atoms with van der Waals surface area (Å²) in [4.78, 5) is 28.9. The number of halogens is 3. The van der Waals surface area contributed by atoms with Gasteiger partial charge in [0, 0.05) is 28.9 Å². The molecule has 2 aromatic rings. The molecule has 1 aliphatic carbocycles. The first-order valence-corrected chi connectivity index (χ1v) is 13.4. The van der Waals surface area contributed by atoms with Crippen LogP contribution in [0.15, 0.2) is 47.4 Å². The standard InChI is InChI=1S/C25H29Cl3N2O2S/c1-17(25(32)29-20-5-2-3-6-20)30(16-18-8-13-22(27)23(28)15-18)24(31)7-4-14-33-21-11-9-19(26)10-12-21/h8-13,15,17,20H,2-7,14,16H2,1H3,(H,29,32)/t17-/m0/s1. The molecule has 178 valence electrons. The summed E-state index contributed by atoms with van der Waals surface area (Å²) in [6.07, 6.45) is 5.35. The number of benzene rings is 2. The van der Waals surface area contributed by atoms with Gasteiger partial charge in [-0.3, -0.25) is 9.59 Å². The normalized spacial score (nSPS) is 14.8. The maximum Gasteiger partial charge on any atom is 0.242 e. The van der Waals surface area contributed by atoms with Gasteiger partial charge in [-0.15, -0.1) is 11.8 Å². The van der Waals surface area contributed by atoms with Gasteiger partial charge in [-0.2, -0.15) is 0 Å². The lowest BCUT2D eigenvalue weighted by Crippen LogP contribution is -2.49. The quantitative estimate of drug-likeness (QED) is 0.267. The summed E-state index contributed by atoms with van der Waals surface area (Å²) in [5, 5.41) is 4.72. The number of nitrogens with zero attached hydrogens (tertiary/aromatic N) is 1. The van der Waals surface area contributed by atoms with Gasteiger partial charge in [0.15, 0.2) is 0 Å². The summed E-state index contributed by atoms with van der Waals surface area (Å²) in [6, 6.07) is 12.6. The summed E-state index contributed by atoms with van der Waals surface area (Å²) in [5.41, 5.74) is 0.841. The van der Waals surface area contributed by atoms with Gasteiger partial charge in [-0.05, 0) is 73.9 Å². The molecule has 2 amide bonds. The molecule has 1 atom stereocenters. The van der Waals surface area contributed by atoms with E-state index < -0.39 is 6.04 Å². The van der Waals surface area contributed by atoms with Gasteiger partial charge in [-0.1, -0.05) is 53.7 Å². The highest BCUT2D eigenvalue weighted by Gasteiger charge is 2.28. The first kappa shape index (κ1) is 26.2. The van der Waals surface area contributed by atoms with Crippen LogP contribution in [0.1, 0.15) is 51.0 Å². The smallest absolute Gasteiger partial charge is 0.242 e. The number of hydrogen-bond donors (Lipinski definition) is 1. The van der Waals surface area contributed by atoms with Crippen molar-refractivity contribution in [2.24, 2.45) is 0 Å². The number of rotatable bonds is 10. The zero-order valence-electron chi connectivity index (χ0n) is 18.7. The van der Waals surface area contributed by atoms with Crippen molar-refractivity contribution in [3.05, 3.63) is 63.1 Å². The Morgan fingerprint density at radius 2 is 1.76 bits per heavy atom. The van der Waals surface area contributed by atoms with E-state index in [0.717, 1.165) is 41.9 Å². The van der Waals surface area contributed by atoms with Crippen LogP contribution >= 0.6 is 46.6 Å². The van der Waals surface area contributed by atoms with E-state index in [1.54, 1.807) is 35.7 Å². The summed E-state index contributed by atoms with van der Waals surface area (Å²) in [6.45, 7) is 2.10. The van der Waals surface area contributed by atoms with Crippen LogP contribution in [0.3, 0.4) is 0 Å². The zero-order chi connectivity index (χ0) is 23.8. The van der Waals surface area contributed by atoms with Crippen molar-refractivity contribution in [2.75, 3.05) is 5.75 Å². The number of hydrogen-bond acceptors (Lipinski definition) is 3. The predicted octanol–water partition coefficient (Wildman–Crippen LogP) is 7.00. The van der Waals surface area contributed by atoms with Gasteiger partial charge in [-0.25, -0.2) is 0 Å². The maximum atomic E-state index is 13.2. The second-order valence-electron chi connectivity index (χ2n) is 8.34. The molecule has 0 bridgehead atoms. The maximum absolute atomic E-state index is 13.2. The fourth-order valence-electron chi connectivity index (χ4n) is 3.90. The van der Waals surface area contributed by atoms with Crippen molar-refractivity contribution in [1.82, 2.24) is 10.2 Å². The van der Waals surface area contributed by atoms with Gasteiger partial charge < -0.3 is 10.2 Å². The van der Waals surface area contributed by atoms with E-state index >= 15 is 0 Å². The Kier molecular flexibility index (Phi) is 10.2. The Balaban J connectivity index is 1.62. The molecule has 0 aliphatic heterocycles. The Bertz CT molecular complexity index is 949. The van der Waals surface area contributed by atoms with E-state index in [9.17, 15) is 9.59 Å². The third kappa shape index (κ3) is 8.10. The minimum Gasteiger partial charge on any atom is -0.352 e. The largest absolute Gasteiger partial charge is 0.352 e. The van der Waals surface area contributed by atoms with Gasteiger partial charge in [0.05, 0.1) is 10.0 Å². The highest BCUT2D eigenvalue weighted by molar-refractivity contribution is 7.99. The van der Waals surface area contributed by atoms with E-state index in [1.165, 1.54) is 0 Å². The highest BCUT2D eigenvalue weighted by Crippen LogP contribution is 2.25. The van der Waals surface area contributed by atoms with Crippen LogP contribution < -0.4 is 5.32 Å². The highest BCUT2D eigenvalue weighted by atomic mass is 35.5. The van der Waals surface area contributed by atoms with E-state index in [2.05, 4.69) is 5.32 Å². The molecule has 1 fully saturated rings. The molecule has 1 N–H and O–H groups in total. The third-order valence-electron chi connectivity index (χ3n) is 5.82. The van der Waals surface area contributed by atoms with Crippen molar-refractivity contribution < 1.29 is 9.59 Å². The van der Waals surface area contributed by atoms with Crippen molar-refractivity contribution in [3.8, 4) is 0 Å². The molecule has 3 rings (SSSR count). The molecule has 0 spiro atoms. The lowest BCUT2D eigenvalue weighted by atomic mass is 10.1. The van der Waals surface area contributed by atoms with Crippen LogP contribution in [-0.4, -0.2) is 34.6 Å². The van der Waals surface area contributed by atoms with Crippen molar-refractivity contribution in [3.63, 3.8) is 0 Å². The van der Waals surface area contributed by atoms with E-state index in [1.807, 2.05) is 30.3 Å². The molecule has 8 heteroatoms. The number of amides is 2. The lowest BCUT2D eigenvalue weighted by Gasteiger charge is -2.30. The Morgan fingerprint density at radius 1 is 1.06 bits per heavy atom. The van der Waals surface area contributed by atoms with Crippen LogP contribution in [0.4, 0.5) is 0 Å². The first-order chi connectivity index (χ1) is 15.8. The molecule has 33 heavy (non-hydrogen) atoms. The SMILES string of the molecule is C[C@@H](C(=O)NC1CCCC1)N(Cc1ccc(Cl)c(Cl)c1)C(=O)CCCSc1ccc(Cl)cc1. The van der Waals surface area contributed by atoms with Crippen LogP contribution in [0.25, 0.3) is 0 Å². The molecule has 2 aromatic carbocycles. The van der Waals surface area contributed by atoms with Crippen LogP contribution in [0, 0.1) is 0 Å².